The fraction of sp³-hybridized carbons (Fsp3) is 0.462. The summed E-state index contributed by atoms with van der Waals surface area (Å²) < 4.78 is 29.0. The average molecular weight is 256 g/mol. The topological polar surface area (TPSA) is 46.5 Å². The fourth-order valence-electron chi connectivity index (χ4n) is 2.62. The molecule has 0 aliphatic heterocycles. The molecule has 3 nitrogen and oxygen atoms in total. The van der Waals surface area contributed by atoms with Crippen LogP contribution in [-0.2, 0) is 4.79 Å². The molecule has 1 aliphatic carbocycles. The van der Waals surface area contributed by atoms with Crippen molar-refractivity contribution in [2.45, 2.75) is 26.4 Å². The highest BCUT2D eigenvalue weighted by atomic mass is 19.3. The molecule has 98 valence electrons. The first-order chi connectivity index (χ1) is 8.35. The minimum atomic E-state index is -2.91. The van der Waals surface area contributed by atoms with Crippen molar-refractivity contribution in [2.75, 3.05) is 0 Å². The van der Waals surface area contributed by atoms with E-state index in [-0.39, 0.29) is 11.7 Å². The van der Waals surface area contributed by atoms with Crippen LogP contribution in [0, 0.1) is 11.3 Å². The van der Waals surface area contributed by atoms with Gasteiger partial charge in [0.15, 0.2) is 0 Å². The van der Waals surface area contributed by atoms with Crippen LogP contribution in [0.3, 0.4) is 0 Å². The lowest BCUT2D eigenvalue weighted by Crippen LogP contribution is -2.05. The van der Waals surface area contributed by atoms with Gasteiger partial charge in [-0.05, 0) is 17.0 Å². The van der Waals surface area contributed by atoms with E-state index < -0.39 is 23.9 Å². The van der Waals surface area contributed by atoms with E-state index in [9.17, 15) is 13.6 Å². The number of carboxylic acids is 1. The molecule has 0 radical (unpaired) electrons. The van der Waals surface area contributed by atoms with E-state index in [0.29, 0.717) is 5.56 Å². The van der Waals surface area contributed by atoms with Crippen LogP contribution < -0.4 is 4.74 Å². The van der Waals surface area contributed by atoms with Crippen molar-refractivity contribution in [3.05, 3.63) is 29.8 Å². The van der Waals surface area contributed by atoms with Gasteiger partial charge in [0, 0.05) is 5.92 Å². The Labute approximate surface area is 103 Å². The molecule has 5 heteroatoms. The number of hydrogen-bond donors (Lipinski definition) is 1. The van der Waals surface area contributed by atoms with Crippen LogP contribution in [0.4, 0.5) is 8.78 Å². The summed E-state index contributed by atoms with van der Waals surface area (Å²) in [5.41, 5.74) is 0.100. The molecular formula is C13H14F2O3. The van der Waals surface area contributed by atoms with E-state index >= 15 is 0 Å². The lowest BCUT2D eigenvalue weighted by molar-refractivity contribution is -0.139. The number of aliphatic carboxylic acids is 1. The van der Waals surface area contributed by atoms with E-state index in [1.807, 2.05) is 13.8 Å². The molecule has 1 aromatic rings. The molecular weight excluding hydrogens is 242 g/mol. The third-order valence-electron chi connectivity index (χ3n) is 3.56. The highest BCUT2D eigenvalue weighted by Crippen LogP contribution is 2.65. The summed E-state index contributed by atoms with van der Waals surface area (Å²) >= 11 is 0. The van der Waals surface area contributed by atoms with E-state index in [2.05, 4.69) is 4.74 Å². The fourth-order valence-corrected chi connectivity index (χ4v) is 2.62. The standard InChI is InChI=1S/C13H14F2O3/c1-13(2)9(10(13)11(16)17)7-5-3-4-6-8(7)18-12(14)15/h3-6,9-10,12H,1-2H3,(H,16,17). The Kier molecular flexibility index (Phi) is 3.00. The summed E-state index contributed by atoms with van der Waals surface area (Å²) in [6, 6.07) is 6.37. The quantitative estimate of drug-likeness (QED) is 0.900. The summed E-state index contributed by atoms with van der Waals surface area (Å²) in [4.78, 5) is 11.1. The molecule has 2 atom stereocenters. The number of rotatable bonds is 4. The molecule has 1 fully saturated rings. The second-order valence-corrected chi connectivity index (χ2v) is 5.03. The first kappa shape index (κ1) is 12.8. The predicted octanol–water partition coefficient (Wildman–Crippen LogP) is 3.11. The number of halogens is 2. The number of hydrogen-bond acceptors (Lipinski definition) is 2. The van der Waals surface area contributed by atoms with Gasteiger partial charge in [-0.1, -0.05) is 32.0 Å². The van der Waals surface area contributed by atoms with Gasteiger partial charge in [-0.25, -0.2) is 0 Å². The molecule has 1 aliphatic rings. The number of para-hydroxylation sites is 1. The maximum Gasteiger partial charge on any atom is 0.387 e. The highest BCUT2D eigenvalue weighted by molar-refractivity contribution is 5.78. The van der Waals surface area contributed by atoms with Gasteiger partial charge in [-0.2, -0.15) is 8.78 Å². The predicted molar refractivity (Wildman–Crippen MR) is 60.7 cm³/mol. The Bertz CT molecular complexity index is 471. The minimum Gasteiger partial charge on any atom is -0.481 e. The molecule has 18 heavy (non-hydrogen) atoms. The van der Waals surface area contributed by atoms with Crippen molar-refractivity contribution in [1.29, 1.82) is 0 Å². The first-order valence-electron chi connectivity index (χ1n) is 5.62. The molecule has 2 unspecified atom stereocenters. The van der Waals surface area contributed by atoms with E-state index in [0.717, 1.165) is 0 Å². The summed E-state index contributed by atoms with van der Waals surface area (Å²) in [5.74, 6) is -1.68. The maximum absolute atomic E-state index is 12.3. The minimum absolute atomic E-state index is 0.0642. The second-order valence-electron chi connectivity index (χ2n) is 5.03. The molecule has 0 bridgehead atoms. The molecule has 1 N–H and O–H groups in total. The Morgan fingerprint density at radius 3 is 2.50 bits per heavy atom. The van der Waals surface area contributed by atoms with Crippen molar-refractivity contribution in [3.8, 4) is 5.75 Å². The highest BCUT2D eigenvalue weighted by Gasteiger charge is 2.63. The zero-order valence-corrected chi connectivity index (χ0v) is 10.1. The molecule has 1 aromatic carbocycles. The van der Waals surface area contributed by atoms with Crippen LogP contribution >= 0.6 is 0 Å². The second kappa shape index (κ2) is 4.23. The number of carbonyl (C=O) groups is 1. The number of carboxylic acid groups (broad SMARTS) is 1. The van der Waals surface area contributed by atoms with Crippen LogP contribution in [0.25, 0.3) is 0 Å². The van der Waals surface area contributed by atoms with Gasteiger partial charge in [0.1, 0.15) is 5.75 Å². The number of alkyl halides is 2. The smallest absolute Gasteiger partial charge is 0.387 e. The van der Waals surface area contributed by atoms with Crippen molar-refractivity contribution >= 4 is 5.97 Å². The molecule has 0 saturated heterocycles. The number of benzene rings is 1. The Balaban J connectivity index is 2.33. The first-order valence-corrected chi connectivity index (χ1v) is 5.62. The van der Waals surface area contributed by atoms with Crippen LogP contribution in [0.5, 0.6) is 5.75 Å². The molecule has 0 spiro atoms. The van der Waals surface area contributed by atoms with Crippen LogP contribution in [0.1, 0.15) is 25.3 Å². The SMILES string of the molecule is CC1(C)C(C(=O)O)C1c1ccccc1OC(F)F. The van der Waals surface area contributed by atoms with Gasteiger partial charge >= 0.3 is 12.6 Å². The lowest BCUT2D eigenvalue weighted by Gasteiger charge is -2.11. The zero-order chi connectivity index (χ0) is 13.5. The summed E-state index contributed by atoms with van der Waals surface area (Å²) in [7, 11) is 0. The maximum atomic E-state index is 12.3. The van der Waals surface area contributed by atoms with Gasteiger partial charge < -0.3 is 9.84 Å². The van der Waals surface area contributed by atoms with Crippen LogP contribution in [0.2, 0.25) is 0 Å². The molecule has 0 aromatic heterocycles. The average Bonchev–Trinajstić information content (AvgIpc) is 2.81. The van der Waals surface area contributed by atoms with Gasteiger partial charge in [0.2, 0.25) is 0 Å². The summed E-state index contributed by atoms with van der Waals surface area (Å²) in [6.07, 6.45) is 0. The molecule has 2 rings (SSSR count). The Morgan fingerprint density at radius 1 is 1.39 bits per heavy atom. The van der Waals surface area contributed by atoms with E-state index in [1.54, 1.807) is 18.2 Å². The normalized spacial score (nSPS) is 24.9. The van der Waals surface area contributed by atoms with Gasteiger partial charge in [0.05, 0.1) is 5.92 Å². The number of ether oxygens (including phenoxy) is 1. The monoisotopic (exact) mass is 256 g/mol. The van der Waals surface area contributed by atoms with E-state index in [1.165, 1.54) is 6.07 Å². The zero-order valence-electron chi connectivity index (χ0n) is 10.1. The van der Waals surface area contributed by atoms with Crippen molar-refractivity contribution in [3.63, 3.8) is 0 Å². The molecule has 0 amide bonds. The van der Waals surface area contributed by atoms with Crippen molar-refractivity contribution < 1.29 is 23.4 Å². The third-order valence-corrected chi connectivity index (χ3v) is 3.56. The van der Waals surface area contributed by atoms with Crippen molar-refractivity contribution in [2.24, 2.45) is 11.3 Å². The molecule has 1 saturated carbocycles. The van der Waals surface area contributed by atoms with Crippen LogP contribution in [0.15, 0.2) is 24.3 Å². The van der Waals surface area contributed by atoms with Gasteiger partial charge in [-0.15, -0.1) is 0 Å². The third kappa shape index (κ3) is 2.05. The van der Waals surface area contributed by atoms with Crippen molar-refractivity contribution in [1.82, 2.24) is 0 Å². The Hall–Kier alpha value is -1.65. The molecule has 0 heterocycles. The lowest BCUT2D eigenvalue weighted by atomic mass is 10.0. The van der Waals surface area contributed by atoms with Gasteiger partial charge in [-0.3, -0.25) is 4.79 Å². The Morgan fingerprint density at radius 2 is 2.00 bits per heavy atom. The largest absolute Gasteiger partial charge is 0.481 e. The summed E-state index contributed by atoms with van der Waals surface area (Å²) in [5, 5.41) is 9.10. The van der Waals surface area contributed by atoms with Gasteiger partial charge in [0.25, 0.3) is 0 Å². The van der Waals surface area contributed by atoms with Crippen LogP contribution in [-0.4, -0.2) is 17.7 Å². The summed E-state index contributed by atoms with van der Waals surface area (Å²) in [6.45, 7) is 0.724. The van der Waals surface area contributed by atoms with E-state index in [4.69, 9.17) is 5.11 Å².